The summed E-state index contributed by atoms with van der Waals surface area (Å²) in [7, 11) is 2.21. The van der Waals surface area contributed by atoms with E-state index in [-0.39, 0.29) is 0 Å². The first-order valence-electron chi connectivity index (χ1n) is 6.06. The van der Waals surface area contributed by atoms with Crippen LogP contribution in [-0.4, -0.2) is 38.1 Å². The maximum atomic E-state index is 3.48. The molecule has 0 spiro atoms. The van der Waals surface area contributed by atoms with Crippen molar-refractivity contribution < 1.29 is 0 Å². The molecule has 0 aromatic heterocycles. The van der Waals surface area contributed by atoms with E-state index >= 15 is 0 Å². The lowest BCUT2D eigenvalue weighted by Gasteiger charge is -2.16. The normalized spacial score (nSPS) is 11.6. The molecule has 0 aliphatic carbocycles. The Hall–Kier alpha value is -0.0800. The summed E-state index contributed by atoms with van der Waals surface area (Å²) >= 11 is 0. The summed E-state index contributed by atoms with van der Waals surface area (Å²) < 4.78 is 0. The van der Waals surface area contributed by atoms with Gasteiger partial charge < -0.3 is 10.2 Å². The quantitative estimate of drug-likeness (QED) is 0.575. The second-order valence-corrected chi connectivity index (χ2v) is 4.59. The maximum Gasteiger partial charge on any atom is 0.0104 e. The van der Waals surface area contributed by atoms with Gasteiger partial charge in [0.05, 0.1) is 0 Å². The summed E-state index contributed by atoms with van der Waals surface area (Å²) in [5.41, 5.74) is 0. The van der Waals surface area contributed by atoms with Crippen LogP contribution < -0.4 is 5.32 Å². The molecule has 0 unspecified atom stereocenters. The number of nitrogens with zero attached hydrogens (tertiary/aromatic N) is 1. The Bertz CT molecular complexity index is 113. The molecule has 14 heavy (non-hydrogen) atoms. The number of likely N-dealkylation sites (N-methyl/N-ethyl adjacent to an activating group) is 1. The van der Waals surface area contributed by atoms with Gasteiger partial charge in [-0.2, -0.15) is 0 Å². The zero-order valence-electron chi connectivity index (χ0n) is 10.5. The van der Waals surface area contributed by atoms with Crippen LogP contribution in [0, 0.1) is 5.92 Å². The summed E-state index contributed by atoms with van der Waals surface area (Å²) in [6.45, 7) is 11.5. The first-order chi connectivity index (χ1) is 6.66. The van der Waals surface area contributed by atoms with Crippen LogP contribution in [0.15, 0.2) is 0 Å². The highest BCUT2D eigenvalue weighted by Crippen LogP contribution is 1.96. The van der Waals surface area contributed by atoms with Crippen molar-refractivity contribution in [2.24, 2.45) is 5.92 Å². The lowest BCUT2D eigenvalue weighted by molar-refractivity contribution is 0.324. The highest BCUT2D eigenvalue weighted by molar-refractivity contribution is 4.56. The molecule has 0 heterocycles. The van der Waals surface area contributed by atoms with Crippen molar-refractivity contribution in [2.75, 3.05) is 33.2 Å². The molecule has 0 rings (SSSR count). The van der Waals surface area contributed by atoms with Crippen LogP contribution in [0.4, 0.5) is 0 Å². The van der Waals surface area contributed by atoms with Crippen molar-refractivity contribution in [1.29, 1.82) is 0 Å². The molecule has 0 aliphatic rings. The number of hydrogen-bond acceptors (Lipinski definition) is 2. The third kappa shape index (κ3) is 10.0. The first kappa shape index (κ1) is 13.9. The summed E-state index contributed by atoms with van der Waals surface area (Å²) in [6, 6.07) is 0. The fourth-order valence-corrected chi connectivity index (χ4v) is 1.33. The fourth-order valence-electron chi connectivity index (χ4n) is 1.33. The van der Waals surface area contributed by atoms with Gasteiger partial charge in [-0.15, -0.1) is 0 Å². The Labute approximate surface area is 90.1 Å². The molecule has 86 valence electrons. The predicted octanol–water partition coefficient (Wildman–Crippen LogP) is 2.35. The third-order valence-electron chi connectivity index (χ3n) is 2.46. The van der Waals surface area contributed by atoms with E-state index in [9.17, 15) is 0 Å². The Morgan fingerprint density at radius 1 is 1.14 bits per heavy atom. The maximum absolute atomic E-state index is 3.48. The topological polar surface area (TPSA) is 15.3 Å². The van der Waals surface area contributed by atoms with Gasteiger partial charge in [-0.05, 0) is 38.9 Å². The van der Waals surface area contributed by atoms with Crippen molar-refractivity contribution in [1.82, 2.24) is 10.2 Å². The summed E-state index contributed by atoms with van der Waals surface area (Å²) in [6.07, 6.45) is 3.91. The van der Waals surface area contributed by atoms with E-state index in [2.05, 4.69) is 38.0 Å². The smallest absolute Gasteiger partial charge is 0.0104 e. The zero-order chi connectivity index (χ0) is 10.8. The van der Waals surface area contributed by atoms with Gasteiger partial charge in [-0.1, -0.05) is 27.2 Å². The predicted molar refractivity (Wildman–Crippen MR) is 64.7 cm³/mol. The third-order valence-corrected chi connectivity index (χ3v) is 2.46. The molecule has 0 fully saturated rings. The van der Waals surface area contributed by atoms with E-state index in [1.165, 1.54) is 38.9 Å². The minimum atomic E-state index is 0.820. The molecule has 1 N–H and O–H groups in total. The Morgan fingerprint density at radius 3 is 2.43 bits per heavy atom. The van der Waals surface area contributed by atoms with Crippen molar-refractivity contribution in [3.8, 4) is 0 Å². The highest BCUT2D eigenvalue weighted by Gasteiger charge is 1.97. The molecule has 0 bridgehead atoms. The van der Waals surface area contributed by atoms with E-state index in [1.807, 2.05) is 0 Å². The first-order valence-corrected chi connectivity index (χ1v) is 6.06. The largest absolute Gasteiger partial charge is 0.315 e. The molecule has 0 aromatic carbocycles. The average molecular weight is 200 g/mol. The Morgan fingerprint density at radius 2 is 1.86 bits per heavy atom. The summed E-state index contributed by atoms with van der Waals surface area (Å²) in [5.74, 6) is 0.820. The Balaban J connectivity index is 3.10. The average Bonchev–Trinajstić information content (AvgIpc) is 2.13. The van der Waals surface area contributed by atoms with Crippen molar-refractivity contribution in [2.45, 2.75) is 40.0 Å². The van der Waals surface area contributed by atoms with E-state index in [0.717, 1.165) is 12.5 Å². The molecule has 0 atom stereocenters. The van der Waals surface area contributed by atoms with Crippen molar-refractivity contribution in [3.63, 3.8) is 0 Å². The lowest BCUT2D eigenvalue weighted by Crippen LogP contribution is -2.30. The molecule has 0 aromatic rings. The molecule has 2 nitrogen and oxygen atoms in total. The number of unbranched alkanes of at least 4 members (excludes halogenated alkanes) is 1. The zero-order valence-corrected chi connectivity index (χ0v) is 10.5. The van der Waals surface area contributed by atoms with E-state index in [0.29, 0.717) is 0 Å². The molecular weight excluding hydrogens is 172 g/mol. The number of hydrogen-bond donors (Lipinski definition) is 1. The van der Waals surface area contributed by atoms with Gasteiger partial charge in [0.25, 0.3) is 0 Å². The monoisotopic (exact) mass is 200 g/mol. The van der Waals surface area contributed by atoms with Crippen LogP contribution in [0.5, 0.6) is 0 Å². The number of nitrogens with one attached hydrogen (secondary N) is 1. The van der Waals surface area contributed by atoms with Crippen molar-refractivity contribution >= 4 is 0 Å². The van der Waals surface area contributed by atoms with Crippen LogP contribution in [0.3, 0.4) is 0 Å². The molecule has 0 radical (unpaired) electrons. The van der Waals surface area contributed by atoms with Gasteiger partial charge >= 0.3 is 0 Å². The summed E-state index contributed by atoms with van der Waals surface area (Å²) in [4.78, 5) is 2.41. The fraction of sp³-hybridized carbons (Fsp3) is 1.00. The number of rotatable bonds is 9. The molecule has 2 heteroatoms. The minimum absolute atomic E-state index is 0.820. The van der Waals surface area contributed by atoms with E-state index in [4.69, 9.17) is 0 Å². The highest BCUT2D eigenvalue weighted by atomic mass is 15.1. The van der Waals surface area contributed by atoms with Gasteiger partial charge in [0.1, 0.15) is 0 Å². The molecule has 0 amide bonds. The second-order valence-electron chi connectivity index (χ2n) is 4.59. The van der Waals surface area contributed by atoms with E-state index < -0.39 is 0 Å². The van der Waals surface area contributed by atoms with Crippen LogP contribution in [0.2, 0.25) is 0 Å². The van der Waals surface area contributed by atoms with Crippen LogP contribution in [0.1, 0.15) is 40.0 Å². The lowest BCUT2D eigenvalue weighted by atomic mass is 10.1. The van der Waals surface area contributed by atoms with Gasteiger partial charge in [-0.3, -0.25) is 0 Å². The molecular formula is C12H28N2. The molecule has 0 saturated heterocycles. The summed E-state index contributed by atoms with van der Waals surface area (Å²) in [5, 5.41) is 3.48. The van der Waals surface area contributed by atoms with Crippen LogP contribution >= 0.6 is 0 Å². The van der Waals surface area contributed by atoms with Gasteiger partial charge in [0, 0.05) is 13.1 Å². The molecule has 0 saturated carbocycles. The standard InChI is InChI=1S/C12H28N2/c1-5-6-10-14(4)11-9-13-8-7-12(2)3/h12-13H,5-11H2,1-4H3. The Kier molecular flexibility index (Phi) is 9.42. The van der Waals surface area contributed by atoms with E-state index in [1.54, 1.807) is 0 Å². The molecule has 0 aliphatic heterocycles. The SMILES string of the molecule is CCCCN(C)CCNCCC(C)C. The van der Waals surface area contributed by atoms with Crippen LogP contribution in [-0.2, 0) is 0 Å². The van der Waals surface area contributed by atoms with Crippen molar-refractivity contribution in [3.05, 3.63) is 0 Å². The minimum Gasteiger partial charge on any atom is -0.315 e. The second kappa shape index (κ2) is 9.47. The van der Waals surface area contributed by atoms with Crippen LogP contribution in [0.25, 0.3) is 0 Å². The van der Waals surface area contributed by atoms with Gasteiger partial charge in [0.15, 0.2) is 0 Å². The van der Waals surface area contributed by atoms with Gasteiger partial charge in [0.2, 0.25) is 0 Å². The van der Waals surface area contributed by atoms with Gasteiger partial charge in [-0.25, -0.2) is 0 Å².